The van der Waals surface area contributed by atoms with Gasteiger partial charge in [0.05, 0.1) is 51.0 Å². The number of carbonyl (C=O) groups excluding carboxylic acids is 9. The Morgan fingerprint density at radius 1 is 0.510 bits per heavy atom. The van der Waals surface area contributed by atoms with Crippen LogP contribution in [0.1, 0.15) is 219 Å². The fourth-order valence-electron chi connectivity index (χ4n) is 11.3. The first-order valence-corrected chi connectivity index (χ1v) is 36.7. The maximum Gasteiger partial charge on any atom is 0.326 e. The van der Waals surface area contributed by atoms with Crippen LogP contribution in [-0.2, 0) is 88.2 Å². The number of nitrogens with two attached hydrogens (primary N) is 2. The topological polar surface area (TPSA) is 452 Å². The highest BCUT2D eigenvalue weighted by atomic mass is 32.2. The Labute approximate surface area is 579 Å². The lowest BCUT2D eigenvalue weighted by molar-refractivity contribution is -0.144. The van der Waals surface area contributed by atoms with Gasteiger partial charge >= 0.3 is 11.9 Å². The number of carboxylic acid groups (broad SMARTS) is 2. The van der Waals surface area contributed by atoms with Gasteiger partial charge in [0.15, 0.2) is 5.78 Å². The number of carboxylic acids is 2. The molecule has 1 rings (SSSR count). The standard InChI is InChI=1S/C70H116N6O21S/c1-50(2)42-58(79)44-53(61(80)45-54(47-67(85)86)68(87)51(3)59(24-16-17-25-63(71)72)62(81)46-55(69(73)88)43-52-27-29-56(77)30-28-52)22-18-19-33-74-66(84)49-97-40-37-94-35-21-23-57(78)48-96-39-38-95-36-34-75-64(82)32-31-60(70(89)90)76-65(83)26-15-13-11-9-7-5-4-6-8-10-12-14-20-41-98(91,92)93/h27-30,50-51,53-55,59-60,77H,4-26,31-49H2,1-3H3,(H3,71,72)(H2,73,88)(H,74,84)(H,75,82)(H,76,83)(H,85,86)(H,89,90)(H,91,92,93)/t51?,53-,54-,55-,59-,60+/m1/s1. The van der Waals surface area contributed by atoms with Gasteiger partial charge in [0, 0.05) is 101 Å². The second-order valence-electron chi connectivity index (χ2n) is 26.0. The predicted octanol–water partition coefficient (Wildman–Crippen LogP) is 7.50. The molecule has 6 atom stereocenters. The summed E-state index contributed by atoms with van der Waals surface area (Å²) in [5.74, 6) is -11.7. The van der Waals surface area contributed by atoms with Gasteiger partial charge in [-0.1, -0.05) is 116 Å². The van der Waals surface area contributed by atoms with Gasteiger partial charge in [0.25, 0.3) is 10.1 Å². The number of ether oxygens (including phenoxy) is 4. The second-order valence-corrected chi connectivity index (χ2v) is 27.6. The van der Waals surface area contributed by atoms with E-state index in [0.717, 1.165) is 70.6 Å². The van der Waals surface area contributed by atoms with E-state index in [-0.39, 0.29) is 177 Å². The van der Waals surface area contributed by atoms with Gasteiger partial charge < -0.3 is 61.7 Å². The number of primary amides is 1. The van der Waals surface area contributed by atoms with Crippen LogP contribution in [0.4, 0.5) is 0 Å². The lowest BCUT2D eigenvalue weighted by Crippen LogP contribution is -2.41. The number of carbonyl (C=O) groups is 11. The zero-order valence-electron chi connectivity index (χ0n) is 58.3. The molecule has 12 N–H and O–H groups in total. The van der Waals surface area contributed by atoms with E-state index in [1.165, 1.54) is 19.1 Å². The average Bonchev–Trinajstić information content (AvgIpc) is 0.870. The number of ketones is 5. The van der Waals surface area contributed by atoms with Crippen molar-refractivity contribution in [3.05, 3.63) is 29.8 Å². The normalized spacial score (nSPS) is 13.4. The number of rotatable bonds is 66. The number of amidine groups is 1. The van der Waals surface area contributed by atoms with Gasteiger partial charge in [-0.2, -0.15) is 8.42 Å². The summed E-state index contributed by atoms with van der Waals surface area (Å²) in [5, 5.41) is 44.8. The number of unbranched alkanes of at least 4 members (excludes halogenated alkanes) is 14. The number of nitrogens with one attached hydrogen (secondary N) is 4. The average molecular weight is 1410 g/mol. The number of Topliss-reactive ketones (excluding diaryl/α,β-unsaturated/α-hetero) is 5. The molecule has 0 aliphatic carbocycles. The zero-order chi connectivity index (χ0) is 73.1. The molecule has 0 aliphatic heterocycles. The van der Waals surface area contributed by atoms with E-state index in [9.17, 15) is 76.5 Å². The third-order valence-electron chi connectivity index (χ3n) is 16.7. The number of hydrogen-bond acceptors (Lipinski definition) is 19. The van der Waals surface area contributed by atoms with E-state index in [1.807, 2.05) is 13.8 Å². The van der Waals surface area contributed by atoms with Gasteiger partial charge in [0.1, 0.15) is 48.1 Å². The first-order valence-electron chi connectivity index (χ1n) is 35.1. The molecule has 558 valence electrons. The maximum atomic E-state index is 14.3. The lowest BCUT2D eigenvalue weighted by Gasteiger charge is -2.27. The Hall–Kier alpha value is -6.59. The van der Waals surface area contributed by atoms with E-state index in [1.54, 1.807) is 12.1 Å². The van der Waals surface area contributed by atoms with Crippen molar-refractivity contribution in [2.75, 3.05) is 71.7 Å². The van der Waals surface area contributed by atoms with E-state index >= 15 is 0 Å². The molecule has 0 heterocycles. The smallest absolute Gasteiger partial charge is 0.326 e. The molecule has 0 bridgehead atoms. The monoisotopic (exact) mass is 1410 g/mol. The molecule has 1 aromatic carbocycles. The molecule has 1 unspecified atom stereocenters. The highest BCUT2D eigenvalue weighted by molar-refractivity contribution is 7.85. The van der Waals surface area contributed by atoms with Crippen molar-refractivity contribution < 1.29 is 100.0 Å². The van der Waals surface area contributed by atoms with E-state index in [0.29, 0.717) is 50.5 Å². The largest absolute Gasteiger partial charge is 0.508 e. The molecular weight excluding hydrogens is 1290 g/mol. The summed E-state index contributed by atoms with van der Waals surface area (Å²) in [7, 11) is -3.87. The lowest BCUT2D eigenvalue weighted by atomic mass is 9.74. The van der Waals surface area contributed by atoms with E-state index in [4.69, 9.17) is 40.4 Å². The Balaban J connectivity index is 2.38. The molecule has 0 fully saturated rings. The molecule has 0 saturated heterocycles. The minimum Gasteiger partial charge on any atom is -0.508 e. The number of amides is 4. The minimum atomic E-state index is -3.87. The van der Waals surface area contributed by atoms with Crippen LogP contribution >= 0.6 is 0 Å². The fraction of sp³-hybridized carbons (Fsp3) is 0.743. The molecule has 4 amide bonds. The molecule has 28 heteroatoms. The van der Waals surface area contributed by atoms with Crippen LogP contribution in [0.3, 0.4) is 0 Å². The van der Waals surface area contributed by atoms with Crippen molar-refractivity contribution in [3.8, 4) is 5.75 Å². The van der Waals surface area contributed by atoms with Crippen LogP contribution in [0, 0.1) is 40.9 Å². The summed E-state index contributed by atoms with van der Waals surface area (Å²) in [6, 6.07) is 4.87. The summed E-state index contributed by atoms with van der Waals surface area (Å²) in [4.78, 5) is 142. The van der Waals surface area contributed by atoms with Crippen molar-refractivity contribution in [2.24, 2.45) is 47.0 Å². The quantitative estimate of drug-likeness (QED) is 0.0130. The Kier molecular flexibility index (Phi) is 49.5. The summed E-state index contributed by atoms with van der Waals surface area (Å²) < 4.78 is 52.0. The highest BCUT2D eigenvalue weighted by Gasteiger charge is 2.38. The van der Waals surface area contributed by atoms with Gasteiger partial charge in [-0.15, -0.1) is 0 Å². The van der Waals surface area contributed by atoms with Gasteiger partial charge in [-0.05, 0) is 81.4 Å². The molecule has 0 aromatic heterocycles. The van der Waals surface area contributed by atoms with Crippen LogP contribution < -0.4 is 27.4 Å². The summed E-state index contributed by atoms with van der Waals surface area (Å²) in [5.41, 5.74) is 11.9. The fourth-order valence-corrected chi connectivity index (χ4v) is 11.9. The molecular formula is C70H116N6O21S. The van der Waals surface area contributed by atoms with Crippen molar-refractivity contribution in [1.82, 2.24) is 16.0 Å². The molecule has 0 spiro atoms. The van der Waals surface area contributed by atoms with Crippen molar-refractivity contribution >= 4 is 80.4 Å². The molecule has 1 aromatic rings. The first-order chi connectivity index (χ1) is 46.6. The summed E-state index contributed by atoms with van der Waals surface area (Å²) in [6.07, 6.45) is 14.0. The van der Waals surface area contributed by atoms with Crippen LogP contribution in [0.25, 0.3) is 0 Å². The van der Waals surface area contributed by atoms with E-state index in [2.05, 4.69) is 16.0 Å². The SMILES string of the molecule is CC(C)CC(=O)C[C@@H](CCCCNC(=O)COCCOCCCC(=O)COCCOCCNC(=O)CC[C@H](NC(=O)CCCCCCCCCCCCCCCS(=O)(=O)O)C(=O)O)C(=O)C[C@H](CC(=O)O)C(=O)C(C)[C@@H](CCCCC(=N)N)C(=O)C[C@@H](Cc1ccc(O)cc1)C(N)=O. The molecule has 98 heavy (non-hydrogen) atoms. The molecule has 0 aliphatic rings. The third-order valence-corrected chi connectivity index (χ3v) is 17.5. The molecule has 27 nitrogen and oxygen atoms in total. The van der Waals surface area contributed by atoms with Crippen LogP contribution in [0.2, 0.25) is 0 Å². The Morgan fingerprint density at radius 3 is 1.64 bits per heavy atom. The maximum absolute atomic E-state index is 14.3. The van der Waals surface area contributed by atoms with Crippen molar-refractivity contribution in [2.45, 2.75) is 226 Å². The predicted molar refractivity (Wildman–Crippen MR) is 367 cm³/mol. The number of phenolic OH excluding ortho intramolecular Hbond substituents is 1. The van der Waals surface area contributed by atoms with Gasteiger partial charge in [-0.25, -0.2) is 4.79 Å². The summed E-state index contributed by atoms with van der Waals surface area (Å²) >= 11 is 0. The number of benzene rings is 1. The van der Waals surface area contributed by atoms with Gasteiger partial charge in [-0.3, -0.25) is 57.9 Å². The first kappa shape index (κ1) is 89.4. The number of aromatic hydroxyl groups is 1. The second kappa shape index (κ2) is 54.3. The Bertz CT molecular complexity index is 2680. The number of aliphatic carboxylic acids is 2. The van der Waals surface area contributed by atoms with Crippen LogP contribution in [-0.4, -0.2) is 176 Å². The summed E-state index contributed by atoms with van der Waals surface area (Å²) in [6.45, 7) is 6.25. The number of phenols is 1. The van der Waals surface area contributed by atoms with Crippen molar-refractivity contribution in [1.29, 1.82) is 5.41 Å². The number of hydrogen-bond donors (Lipinski definition) is 10. The molecule has 0 saturated carbocycles. The zero-order valence-corrected chi connectivity index (χ0v) is 59.2. The minimum absolute atomic E-state index is 0.00379. The molecule has 0 radical (unpaired) electrons. The van der Waals surface area contributed by atoms with Crippen LogP contribution in [0.5, 0.6) is 5.75 Å². The highest BCUT2D eigenvalue weighted by Crippen LogP contribution is 2.31. The van der Waals surface area contributed by atoms with Gasteiger partial charge in [0.2, 0.25) is 23.6 Å². The van der Waals surface area contributed by atoms with Crippen molar-refractivity contribution in [3.63, 3.8) is 0 Å². The Morgan fingerprint density at radius 2 is 1.06 bits per heavy atom. The van der Waals surface area contributed by atoms with E-state index < -0.39 is 106 Å². The van der Waals surface area contributed by atoms with Crippen LogP contribution in [0.15, 0.2) is 24.3 Å². The third kappa shape index (κ3) is 48.2.